The zero-order chi connectivity index (χ0) is 45.4. The molecule has 0 bridgehead atoms. The van der Waals surface area contributed by atoms with Gasteiger partial charge in [0.2, 0.25) is 0 Å². The van der Waals surface area contributed by atoms with Crippen LogP contribution in [0.1, 0.15) is 194 Å². The topological polar surface area (TPSA) is 231 Å². The largest absolute Gasteiger partial charge is 0.462 e. The van der Waals surface area contributed by atoms with Crippen LogP contribution in [0, 0.1) is 0 Å². The first-order valence-corrected chi connectivity index (χ1v) is 24.6. The molecule has 2 fully saturated rings. The number of hydrogen-bond donors (Lipinski definition) is 7. The lowest BCUT2D eigenvalue weighted by molar-refractivity contribution is -0.332. The van der Waals surface area contributed by atoms with E-state index in [1.807, 2.05) is 0 Å². The average molecular weight is 893 g/mol. The summed E-state index contributed by atoms with van der Waals surface area (Å²) >= 11 is 0. The van der Waals surface area contributed by atoms with Crippen LogP contribution in [0.15, 0.2) is 0 Å². The molecule has 62 heavy (non-hydrogen) atoms. The first-order chi connectivity index (χ1) is 30.0. The molecule has 7 N–H and O–H groups in total. The molecule has 366 valence electrons. The highest BCUT2D eigenvalue weighted by atomic mass is 16.7. The fourth-order valence-electron chi connectivity index (χ4n) is 7.98. The number of unbranched alkanes of at least 4 members (excludes halogenated alkanes) is 24. The maximum Gasteiger partial charge on any atom is 0.306 e. The number of rotatable bonds is 38. The van der Waals surface area contributed by atoms with Crippen molar-refractivity contribution in [3.05, 3.63) is 0 Å². The highest BCUT2D eigenvalue weighted by Crippen LogP contribution is 2.26. The second-order valence-corrected chi connectivity index (χ2v) is 17.7. The second kappa shape index (κ2) is 35.7. The van der Waals surface area contributed by atoms with Gasteiger partial charge in [-0.25, -0.2) is 0 Å². The number of aliphatic hydroxyl groups excluding tert-OH is 7. The molecule has 0 aromatic carbocycles. The van der Waals surface area contributed by atoms with Gasteiger partial charge in [-0.05, 0) is 12.8 Å². The van der Waals surface area contributed by atoms with Crippen LogP contribution in [0.5, 0.6) is 0 Å². The molecule has 2 heterocycles. The van der Waals surface area contributed by atoms with Crippen LogP contribution in [0.25, 0.3) is 0 Å². The van der Waals surface area contributed by atoms with Gasteiger partial charge in [-0.1, -0.05) is 168 Å². The quantitative estimate of drug-likeness (QED) is 0.0277. The normalized spacial score (nSPS) is 27.0. The van der Waals surface area contributed by atoms with Crippen molar-refractivity contribution in [3.8, 4) is 0 Å². The van der Waals surface area contributed by atoms with E-state index in [4.69, 9.17) is 28.4 Å². The van der Waals surface area contributed by atoms with Crippen LogP contribution in [-0.2, 0) is 38.0 Å². The predicted octanol–water partition coefficient (Wildman–Crippen LogP) is 6.04. The molecule has 15 nitrogen and oxygen atoms in total. The highest BCUT2D eigenvalue weighted by Gasteiger charge is 2.47. The van der Waals surface area contributed by atoms with E-state index in [2.05, 4.69) is 13.8 Å². The maximum atomic E-state index is 13.0. The molecule has 0 saturated carbocycles. The molecular formula is C47H88O15. The summed E-state index contributed by atoms with van der Waals surface area (Å²) in [4.78, 5) is 25.7. The van der Waals surface area contributed by atoms with Gasteiger partial charge in [0.15, 0.2) is 18.7 Å². The van der Waals surface area contributed by atoms with E-state index < -0.39 is 92.7 Å². The molecule has 11 atom stereocenters. The van der Waals surface area contributed by atoms with E-state index in [1.165, 1.54) is 116 Å². The van der Waals surface area contributed by atoms with E-state index in [1.54, 1.807) is 0 Å². The van der Waals surface area contributed by atoms with E-state index >= 15 is 0 Å². The molecule has 0 aromatic heterocycles. The molecule has 0 amide bonds. The van der Waals surface area contributed by atoms with Gasteiger partial charge in [-0.2, -0.15) is 0 Å². The monoisotopic (exact) mass is 893 g/mol. The van der Waals surface area contributed by atoms with Gasteiger partial charge in [-0.15, -0.1) is 0 Å². The standard InChI is InChI=1S/C47H88O15/c1-3-5-7-9-11-13-15-17-19-21-23-25-27-29-38(49)57-32-35(60-39(50)30-28-26-24-22-20-18-16-14-12-10-8-6-4-2)33-58-46-45(56)43(54)41(52)37(62-46)34-59-47-44(55)42(53)40(51)36(31-48)61-47/h35-37,40-48,51-56H,3-34H2,1-2H3/t35?,36-,37-,40-,41-,42+,43+,44-,45-,46-,47-/m1/s1. The Bertz CT molecular complexity index is 1100. The lowest BCUT2D eigenvalue weighted by atomic mass is 9.98. The number of ether oxygens (including phenoxy) is 6. The summed E-state index contributed by atoms with van der Waals surface area (Å²) in [5, 5.41) is 71.9. The zero-order valence-corrected chi connectivity index (χ0v) is 38.4. The van der Waals surface area contributed by atoms with Crippen molar-refractivity contribution in [2.45, 2.75) is 261 Å². The molecule has 0 radical (unpaired) electrons. The predicted molar refractivity (Wildman–Crippen MR) is 234 cm³/mol. The van der Waals surface area contributed by atoms with Gasteiger partial charge in [0.25, 0.3) is 0 Å². The third kappa shape index (κ3) is 24.1. The van der Waals surface area contributed by atoms with E-state index in [-0.39, 0.29) is 26.1 Å². The Hall–Kier alpha value is -1.50. The number of hydrogen-bond acceptors (Lipinski definition) is 15. The summed E-state index contributed by atoms with van der Waals surface area (Å²) < 4.78 is 33.5. The number of carbonyl (C=O) groups excluding carboxylic acids is 2. The fourth-order valence-corrected chi connectivity index (χ4v) is 7.98. The molecule has 0 aromatic rings. The van der Waals surface area contributed by atoms with Crippen LogP contribution in [0.4, 0.5) is 0 Å². The third-order valence-corrected chi connectivity index (χ3v) is 12.1. The SMILES string of the molecule is CCCCCCCCCCCCCCCC(=O)OCC(CO[C@@H]1O[C@H](CO[C@@H]2O[C@H](CO)[C@@H](O)[C@H](O)[C@H]2O)[C@@H](O)[C@H](O)[C@H]1O)OC(=O)CCCCCCCCCCCCCCC. The summed E-state index contributed by atoms with van der Waals surface area (Å²) in [7, 11) is 0. The van der Waals surface area contributed by atoms with Crippen molar-refractivity contribution < 1.29 is 73.8 Å². The minimum absolute atomic E-state index is 0.173. The lowest BCUT2D eigenvalue weighted by Crippen LogP contribution is -2.61. The Kier molecular flexibility index (Phi) is 32.6. The van der Waals surface area contributed by atoms with Crippen molar-refractivity contribution >= 4 is 11.9 Å². The van der Waals surface area contributed by atoms with Crippen LogP contribution < -0.4 is 0 Å². The Morgan fingerprint density at radius 2 is 0.823 bits per heavy atom. The van der Waals surface area contributed by atoms with E-state index in [0.29, 0.717) is 12.8 Å². The van der Waals surface area contributed by atoms with Crippen LogP contribution >= 0.6 is 0 Å². The van der Waals surface area contributed by atoms with Gasteiger partial charge in [0.1, 0.15) is 55.4 Å². The summed E-state index contributed by atoms with van der Waals surface area (Å²) in [6.45, 7) is 2.60. The van der Waals surface area contributed by atoms with E-state index in [0.717, 1.165) is 38.5 Å². The summed E-state index contributed by atoms with van der Waals surface area (Å²) in [6.07, 6.45) is 14.2. The van der Waals surface area contributed by atoms with Crippen LogP contribution in [0.3, 0.4) is 0 Å². The maximum absolute atomic E-state index is 13.0. The third-order valence-electron chi connectivity index (χ3n) is 12.1. The molecule has 2 saturated heterocycles. The van der Waals surface area contributed by atoms with Crippen LogP contribution in [0.2, 0.25) is 0 Å². The first kappa shape index (κ1) is 56.6. The summed E-state index contributed by atoms with van der Waals surface area (Å²) in [6, 6.07) is 0. The second-order valence-electron chi connectivity index (χ2n) is 17.7. The minimum Gasteiger partial charge on any atom is -0.462 e. The summed E-state index contributed by atoms with van der Waals surface area (Å²) in [5.74, 6) is -0.913. The molecule has 0 spiro atoms. The van der Waals surface area contributed by atoms with Crippen molar-refractivity contribution in [1.29, 1.82) is 0 Å². The molecule has 1 unspecified atom stereocenters. The number of esters is 2. The van der Waals surface area contributed by atoms with Crippen molar-refractivity contribution in [3.63, 3.8) is 0 Å². The Labute approximate surface area is 372 Å². The van der Waals surface area contributed by atoms with Gasteiger partial charge in [0.05, 0.1) is 19.8 Å². The zero-order valence-electron chi connectivity index (χ0n) is 38.4. The summed E-state index contributed by atoms with van der Waals surface area (Å²) in [5.41, 5.74) is 0. The van der Waals surface area contributed by atoms with Crippen LogP contribution in [-0.4, -0.2) is 142 Å². The number of carbonyl (C=O) groups is 2. The minimum atomic E-state index is -1.76. The van der Waals surface area contributed by atoms with Crippen molar-refractivity contribution in [2.24, 2.45) is 0 Å². The smallest absolute Gasteiger partial charge is 0.306 e. The highest BCUT2D eigenvalue weighted by molar-refractivity contribution is 5.70. The molecule has 2 aliphatic heterocycles. The van der Waals surface area contributed by atoms with Crippen molar-refractivity contribution in [2.75, 3.05) is 26.4 Å². The number of aliphatic hydroxyl groups is 7. The molecule has 2 aliphatic rings. The molecule has 0 aliphatic carbocycles. The molecular weight excluding hydrogens is 805 g/mol. The van der Waals surface area contributed by atoms with Gasteiger partial charge in [-0.3, -0.25) is 9.59 Å². The van der Waals surface area contributed by atoms with E-state index in [9.17, 15) is 45.3 Å². The van der Waals surface area contributed by atoms with Gasteiger partial charge >= 0.3 is 11.9 Å². The Morgan fingerprint density at radius 1 is 0.452 bits per heavy atom. The van der Waals surface area contributed by atoms with Gasteiger partial charge < -0.3 is 64.2 Å². The average Bonchev–Trinajstić information content (AvgIpc) is 3.26. The Balaban J connectivity index is 1.83. The molecule has 15 heteroatoms. The first-order valence-electron chi connectivity index (χ1n) is 24.6. The van der Waals surface area contributed by atoms with Crippen molar-refractivity contribution in [1.82, 2.24) is 0 Å². The molecule has 2 rings (SSSR count). The fraction of sp³-hybridized carbons (Fsp3) is 0.957. The Morgan fingerprint density at radius 3 is 1.26 bits per heavy atom. The lowest BCUT2D eigenvalue weighted by Gasteiger charge is -2.42. The van der Waals surface area contributed by atoms with Gasteiger partial charge in [0, 0.05) is 12.8 Å².